The summed E-state index contributed by atoms with van der Waals surface area (Å²) in [7, 11) is 0. The zero-order valence-corrected chi connectivity index (χ0v) is 13.8. The molecule has 1 aromatic heterocycles. The van der Waals surface area contributed by atoms with E-state index in [1.807, 2.05) is 42.5 Å². The van der Waals surface area contributed by atoms with E-state index in [1.165, 1.54) is 11.3 Å². The molecule has 6 heteroatoms. The molecule has 0 aliphatic heterocycles. The van der Waals surface area contributed by atoms with Gasteiger partial charge < -0.3 is 10.1 Å². The van der Waals surface area contributed by atoms with Gasteiger partial charge in [-0.15, -0.1) is 11.3 Å². The molecular formula is C16H12Cl2N2OS. The topological polar surface area (TPSA) is 34.1 Å². The Kier molecular flexibility index (Phi) is 4.83. The Morgan fingerprint density at radius 2 is 1.95 bits per heavy atom. The van der Waals surface area contributed by atoms with Crippen LogP contribution in [0.5, 0.6) is 11.5 Å². The van der Waals surface area contributed by atoms with Crippen LogP contribution in [-0.2, 0) is 6.54 Å². The molecule has 0 unspecified atom stereocenters. The fourth-order valence-corrected chi connectivity index (χ4v) is 3.00. The van der Waals surface area contributed by atoms with Gasteiger partial charge in [-0.3, -0.25) is 0 Å². The van der Waals surface area contributed by atoms with Gasteiger partial charge in [0.1, 0.15) is 5.75 Å². The second-order valence-corrected chi connectivity index (χ2v) is 6.62. The number of hydrogen-bond acceptors (Lipinski definition) is 4. The largest absolute Gasteiger partial charge is 0.455 e. The molecule has 3 aromatic rings. The highest BCUT2D eigenvalue weighted by Gasteiger charge is 2.06. The van der Waals surface area contributed by atoms with Crippen LogP contribution in [0.25, 0.3) is 0 Å². The molecule has 0 fully saturated rings. The molecule has 3 rings (SSSR count). The number of hydrogen-bond donors (Lipinski definition) is 1. The molecule has 2 aromatic carbocycles. The normalized spacial score (nSPS) is 10.5. The first-order valence-corrected chi connectivity index (χ1v) is 8.14. The van der Waals surface area contributed by atoms with Crippen molar-refractivity contribution in [3.05, 3.63) is 69.1 Å². The molecule has 0 saturated carbocycles. The van der Waals surface area contributed by atoms with Gasteiger partial charge in [-0.25, -0.2) is 4.98 Å². The lowest BCUT2D eigenvalue weighted by molar-refractivity contribution is 0.484. The predicted octanol–water partition coefficient (Wildman–Crippen LogP) is 5.85. The number of nitrogens with zero attached hydrogens (tertiary/aromatic N) is 1. The Bertz CT molecular complexity index is 776. The summed E-state index contributed by atoms with van der Waals surface area (Å²) in [4.78, 5) is 5.08. The average Bonchev–Trinajstić information content (AvgIpc) is 2.92. The molecule has 22 heavy (non-hydrogen) atoms. The Labute approximate surface area is 142 Å². The highest BCUT2D eigenvalue weighted by Crippen LogP contribution is 2.31. The van der Waals surface area contributed by atoms with Crippen molar-refractivity contribution in [3.8, 4) is 11.5 Å². The molecule has 0 aliphatic rings. The smallest absolute Gasteiger partial charge is 0.183 e. The summed E-state index contributed by atoms with van der Waals surface area (Å²) in [5, 5.41) is 3.97. The van der Waals surface area contributed by atoms with Gasteiger partial charge in [-0.1, -0.05) is 41.4 Å². The molecule has 0 atom stereocenters. The number of thiazole rings is 1. The van der Waals surface area contributed by atoms with Crippen LogP contribution in [0.15, 0.2) is 54.7 Å². The van der Waals surface area contributed by atoms with E-state index in [4.69, 9.17) is 27.9 Å². The maximum absolute atomic E-state index is 5.98. The molecule has 0 radical (unpaired) electrons. The highest BCUT2D eigenvalue weighted by atomic mass is 35.5. The van der Waals surface area contributed by atoms with Gasteiger partial charge in [0.2, 0.25) is 0 Å². The Hall–Kier alpha value is -1.75. The van der Waals surface area contributed by atoms with Gasteiger partial charge >= 0.3 is 0 Å². The molecule has 0 aliphatic carbocycles. The second kappa shape index (κ2) is 7.01. The average molecular weight is 351 g/mol. The van der Waals surface area contributed by atoms with Gasteiger partial charge in [0.05, 0.1) is 12.2 Å². The molecule has 1 heterocycles. The number of nitrogens with one attached hydrogen (secondary N) is 1. The number of ether oxygens (including phenoxy) is 1. The van der Waals surface area contributed by atoms with Gasteiger partial charge in [0, 0.05) is 16.1 Å². The highest BCUT2D eigenvalue weighted by molar-refractivity contribution is 7.15. The van der Waals surface area contributed by atoms with Crippen LogP contribution in [0.4, 0.5) is 5.69 Å². The van der Waals surface area contributed by atoms with Crippen LogP contribution in [0.1, 0.15) is 4.88 Å². The summed E-state index contributed by atoms with van der Waals surface area (Å²) in [6.45, 7) is 0.639. The molecular weight excluding hydrogens is 339 g/mol. The minimum absolute atomic E-state index is 0.542. The van der Waals surface area contributed by atoms with Gasteiger partial charge in [0.15, 0.2) is 10.2 Å². The van der Waals surface area contributed by atoms with Gasteiger partial charge in [-0.05, 0) is 30.3 Å². The number of rotatable bonds is 5. The SMILES string of the molecule is Clc1cccc(Oc2ccccc2NCc2cnc(Cl)s2)c1. The van der Waals surface area contributed by atoms with Crippen LogP contribution in [0, 0.1) is 0 Å². The quantitative estimate of drug-likeness (QED) is 0.626. The number of para-hydroxylation sites is 2. The van der Waals surface area contributed by atoms with Crippen LogP contribution in [0.2, 0.25) is 9.49 Å². The molecule has 1 N–H and O–H groups in total. The van der Waals surface area contributed by atoms with Gasteiger partial charge in [-0.2, -0.15) is 0 Å². The molecule has 0 saturated heterocycles. The minimum atomic E-state index is 0.542. The van der Waals surface area contributed by atoms with Crippen molar-refractivity contribution < 1.29 is 4.74 Å². The van der Waals surface area contributed by atoms with Crippen LogP contribution in [0.3, 0.4) is 0 Å². The molecule has 3 nitrogen and oxygen atoms in total. The molecule has 0 bridgehead atoms. The standard InChI is InChI=1S/C16H12Cl2N2OS/c17-11-4-3-5-12(8-11)21-15-7-2-1-6-14(15)19-9-13-10-20-16(18)22-13/h1-8,10,19H,9H2. The third-order valence-corrected chi connectivity index (χ3v) is 4.24. The monoisotopic (exact) mass is 350 g/mol. The Morgan fingerprint density at radius 3 is 2.73 bits per heavy atom. The van der Waals surface area contributed by atoms with Crippen LogP contribution < -0.4 is 10.1 Å². The van der Waals surface area contributed by atoms with Crippen molar-refractivity contribution in [1.29, 1.82) is 0 Å². The number of anilines is 1. The van der Waals surface area contributed by atoms with E-state index < -0.39 is 0 Å². The van der Waals surface area contributed by atoms with E-state index in [1.54, 1.807) is 12.3 Å². The van der Waals surface area contributed by atoms with Crippen LogP contribution >= 0.6 is 34.5 Å². The van der Waals surface area contributed by atoms with Crippen molar-refractivity contribution in [2.45, 2.75) is 6.54 Å². The van der Waals surface area contributed by atoms with E-state index >= 15 is 0 Å². The summed E-state index contributed by atoms with van der Waals surface area (Å²) in [5.74, 6) is 1.43. The minimum Gasteiger partial charge on any atom is -0.455 e. The predicted molar refractivity (Wildman–Crippen MR) is 92.4 cm³/mol. The number of benzene rings is 2. The molecule has 0 spiro atoms. The number of halogens is 2. The third kappa shape index (κ3) is 3.91. The molecule has 112 valence electrons. The summed E-state index contributed by atoms with van der Waals surface area (Å²) in [6.07, 6.45) is 1.76. The third-order valence-electron chi connectivity index (χ3n) is 2.89. The van der Waals surface area contributed by atoms with Crippen molar-refractivity contribution in [3.63, 3.8) is 0 Å². The van der Waals surface area contributed by atoms with E-state index in [0.29, 0.717) is 21.8 Å². The maximum Gasteiger partial charge on any atom is 0.183 e. The summed E-state index contributed by atoms with van der Waals surface area (Å²) in [6, 6.07) is 15.1. The lowest BCUT2D eigenvalue weighted by Crippen LogP contribution is -1.99. The van der Waals surface area contributed by atoms with Crippen molar-refractivity contribution in [2.75, 3.05) is 5.32 Å². The fraction of sp³-hybridized carbons (Fsp3) is 0.0625. The Balaban J connectivity index is 1.74. The van der Waals surface area contributed by atoms with Crippen molar-refractivity contribution in [1.82, 2.24) is 4.98 Å². The lowest BCUT2D eigenvalue weighted by atomic mass is 10.3. The van der Waals surface area contributed by atoms with E-state index in [9.17, 15) is 0 Å². The van der Waals surface area contributed by atoms with Crippen molar-refractivity contribution in [2.24, 2.45) is 0 Å². The summed E-state index contributed by atoms with van der Waals surface area (Å²) in [5.41, 5.74) is 0.895. The second-order valence-electron chi connectivity index (χ2n) is 4.49. The maximum atomic E-state index is 5.98. The zero-order chi connectivity index (χ0) is 15.4. The summed E-state index contributed by atoms with van der Waals surface area (Å²) >= 11 is 13.3. The molecule has 0 amide bonds. The fourth-order valence-electron chi connectivity index (χ4n) is 1.91. The number of aromatic nitrogens is 1. The first kappa shape index (κ1) is 15.2. The summed E-state index contributed by atoms with van der Waals surface area (Å²) < 4.78 is 6.44. The lowest BCUT2D eigenvalue weighted by Gasteiger charge is -2.12. The zero-order valence-electron chi connectivity index (χ0n) is 11.4. The first-order chi connectivity index (χ1) is 10.7. The van der Waals surface area contributed by atoms with Crippen LogP contribution in [-0.4, -0.2) is 4.98 Å². The van der Waals surface area contributed by atoms with Gasteiger partial charge in [0.25, 0.3) is 0 Å². The van der Waals surface area contributed by atoms with E-state index in [0.717, 1.165) is 16.3 Å². The van der Waals surface area contributed by atoms with Crippen molar-refractivity contribution >= 4 is 40.2 Å². The first-order valence-electron chi connectivity index (χ1n) is 6.57. The Morgan fingerprint density at radius 1 is 1.09 bits per heavy atom. The van der Waals surface area contributed by atoms with E-state index in [-0.39, 0.29) is 0 Å². The van der Waals surface area contributed by atoms with E-state index in [2.05, 4.69) is 10.3 Å².